The zero-order chi connectivity index (χ0) is 14.7. The number of carbonyl (C=O) groups is 1. The summed E-state index contributed by atoms with van der Waals surface area (Å²) in [5.41, 5.74) is -0.166. The van der Waals surface area contributed by atoms with Crippen LogP contribution in [0.3, 0.4) is 0 Å². The van der Waals surface area contributed by atoms with Crippen LogP contribution in [0.5, 0.6) is 11.5 Å². The van der Waals surface area contributed by atoms with E-state index in [1.54, 1.807) is 6.92 Å². The van der Waals surface area contributed by atoms with Gasteiger partial charge in [-0.2, -0.15) is 0 Å². The maximum absolute atomic E-state index is 11.4. The summed E-state index contributed by atoms with van der Waals surface area (Å²) in [7, 11) is 1.46. The molecule has 2 atom stereocenters. The molecule has 0 N–H and O–H groups in total. The molecule has 1 aliphatic carbocycles. The fourth-order valence-electron chi connectivity index (χ4n) is 1.98. The third-order valence-corrected chi connectivity index (χ3v) is 3.05. The number of nitro groups is 1. The SMILES string of the molecule is CCOC1C(=O)CC1Oc1cc(OC)ccc1[N+](=O)[O-]. The van der Waals surface area contributed by atoms with Gasteiger partial charge in [0.25, 0.3) is 0 Å². The van der Waals surface area contributed by atoms with Crippen LogP contribution in [0.25, 0.3) is 0 Å². The van der Waals surface area contributed by atoms with Crippen LogP contribution in [0.15, 0.2) is 18.2 Å². The Bertz CT molecular complexity index is 530. The molecule has 1 aromatic rings. The summed E-state index contributed by atoms with van der Waals surface area (Å²) in [5.74, 6) is 0.475. The highest BCUT2D eigenvalue weighted by atomic mass is 16.6. The highest BCUT2D eigenvalue weighted by Crippen LogP contribution is 2.35. The lowest BCUT2D eigenvalue weighted by Gasteiger charge is -2.34. The Balaban J connectivity index is 2.19. The zero-order valence-electron chi connectivity index (χ0n) is 11.2. The van der Waals surface area contributed by atoms with Gasteiger partial charge in [0.05, 0.1) is 12.0 Å². The molecule has 0 radical (unpaired) electrons. The van der Waals surface area contributed by atoms with Crippen molar-refractivity contribution in [2.45, 2.75) is 25.6 Å². The molecule has 1 aliphatic rings. The summed E-state index contributed by atoms with van der Waals surface area (Å²) >= 11 is 0. The molecule has 108 valence electrons. The number of Topliss-reactive ketones (excluding diaryl/α,β-unsaturated/α-hetero) is 1. The van der Waals surface area contributed by atoms with Crippen molar-refractivity contribution in [3.63, 3.8) is 0 Å². The van der Waals surface area contributed by atoms with Gasteiger partial charge in [-0.15, -0.1) is 0 Å². The number of ether oxygens (including phenoxy) is 3. The molecular weight excluding hydrogens is 266 g/mol. The Kier molecular flexibility index (Phi) is 4.19. The van der Waals surface area contributed by atoms with E-state index in [0.717, 1.165) is 0 Å². The summed E-state index contributed by atoms with van der Waals surface area (Å²) in [6.07, 6.45) is -0.946. The zero-order valence-corrected chi connectivity index (χ0v) is 11.2. The molecule has 0 saturated heterocycles. The van der Waals surface area contributed by atoms with E-state index in [4.69, 9.17) is 14.2 Å². The third kappa shape index (κ3) is 2.72. The fourth-order valence-corrected chi connectivity index (χ4v) is 1.98. The van der Waals surface area contributed by atoms with Gasteiger partial charge in [-0.05, 0) is 13.0 Å². The first-order valence-electron chi connectivity index (χ1n) is 6.20. The van der Waals surface area contributed by atoms with Crippen LogP contribution >= 0.6 is 0 Å². The van der Waals surface area contributed by atoms with Crippen LogP contribution in [-0.4, -0.2) is 36.6 Å². The maximum Gasteiger partial charge on any atom is 0.311 e. The Hall–Kier alpha value is -2.15. The van der Waals surface area contributed by atoms with Gasteiger partial charge in [0.15, 0.2) is 11.9 Å². The number of benzene rings is 1. The van der Waals surface area contributed by atoms with Gasteiger partial charge < -0.3 is 14.2 Å². The van der Waals surface area contributed by atoms with Gasteiger partial charge in [0, 0.05) is 25.2 Å². The molecule has 7 nitrogen and oxygen atoms in total. The van der Waals surface area contributed by atoms with Crippen LogP contribution in [-0.2, 0) is 9.53 Å². The van der Waals surface area contributed by atoms with Crippen molar-refractivity contribution in [1.29, 1.82) is 0 Å². The summed E-state index contributed by atoms with van der Waals surface area (Å²) in [5, 5.41) is 11.0. The molecule has 0 aliphatic heterocycles. The number of nitro benzene ring substituents is 1. The quantitative estimate of drug-likeness (QED) is 0.583. The van der Waals surface area contributed by atoms with Gasteiger partial charge in [0.2, 0.25) is 5.75 Å². The van der Waals surface area contributed by atoms with Crippen molar-refractivity contribution in [3.05, 3.63) is 28.3 Å². The van der Waals surface area contributed by atoms with E-state index in [9.17, 15) is 14.9 Å². The van der Waals surface area contributed by atoms with Crippen LogP contribution in [0.1, 0.15) is 13.3 Å². The third-order valence-electron chi connectivity index (χ3n) is 3.05. The number of hydrogen-bond donors (Lipinski definition) is 0. The van der Waals surface area contributed by atoms with Crippen molar-refractivity contribution in [2.24, 2.45) is 0 Å². The first kappa shape index (κ1) is 14.3. The van der Waals surface area contributed by atoms with Gasteiger partial charge in [-0.1, -0.05) is 0 Å². The largest absolute Gasteiger partial charge is 0.497 e. The van der Waals surface area contributed by atoms with Crippen LogP contribution < -0.4 is 9.47 Å². The van der Waals surface area contributed by atoms with Crippen LogP contribution in [0.4, 0.5) is 5.69 Å². The van der Waals surface area contributed by atoms with Crippen LogP contribution in [0.2, 0.25) is 0 Å². The molecule has 1 aromatic carbocycles. The molecule has 2 unspecified atom stereocenters. The molecule has 0 bridgehead atoms. The lowest BCUT2D eigenvalue weighted by molar-refractivity contribution is -0.386. The Morgan fingerprint density at radius 2 is 2.20 bits per heavy atom. The average Bonchev–Trinajstić information content (AvgIpc) is 2.43. The van der Waals surface area contributed by atoms with E-state index in [0.29, 0.717) is 12.4 Å². The van der Waals surface area contributed by atoms with E-state index < -0.39 is 17.1 Å². The normalized spacial score (nSPS) is 21.2. The minimum Gasteiger partial charge on any atom is -0.497 e. The summed E-state index contributed by atoms with van der Waals surface area (Å²) in [6, 6.07) is 4.23. The minimum atomic E-state index is -0.647. The Morgan fingerprint density at radius 3 is 2.75 bits per heavy atom. The smallest absolute Gasteiger partial charge is 0.311 e. The molecule has 0 heterocycles. The van der Waals surface area contributed by atoms with Crippen LogP contribution in [0, 0.1) is 10.1 Å². The number of ketones is 1. The number of rotatable bonds is 6. The molecule has 1 fully saturated rings. The lowest BCUT2D eigenvalue weighted by atomic mass is 9.90. The molecule has 0 amide bonds. The average molecular weight is 281 g/mol. The molecule has 1 saturated carbocycles. The maximum atomic E-state index is 11.4. The number of methoxy groups -OCH3 is 1. The molecule has 2 rings (SSSR count). The van der Waals surface area contributed by atoms with Gasteiger partial charge >= 0.3 is 5.69 Å². The Labute approximate surface area is 115 Å². The van der Waals surface area contributed by atoms with Crippen molar-refractivity contribution in [1.82, 2.24) is 0 Å². The minimum absolute atomic E-state index is 0.0533. The predicted octanol–water partition coefficient (Wildman–Crippen LogP) is 1.73. The van der Waals surface area contributed by atoms with E-state index in [2.05, 4.69) is 0 Å². The van der Waals surface area contributed by atoms with Gasteiger partial charge in [-0.25, -0.2) is 0 Å². The van der Waals surface area contributed by atoms with Crippen molar-refractivity contribution in [3.8, 4) is 11.5 Å². The van der Waals surface area contributed by atoms with E-state index in [1.165, 1.54) is 25.3 Å². The number of hydrogen-bond acceptors (Lipinski definition) is 6. The second kappa shape index (κ2) is 5.87. The first-order chi connectivity index (χ1) is 9.56. The summed E-state index contributed by atoms with van der Waals surface area (Å²) < 4.78 is 15.8. The van der Waals surface area contributed by atoms with Crippen molar-refractivity contribution < 1.29 is 23.9 Å². The molecule has 20 heavy (non-hydrogen) atoms. The number of carbonyl (C=O) groups excluding carboxylic acids is 1. The van der Waals surface area contributed by atoms with Crippen molar-refractivity contribution >= 4 is 11.5 Å². The van der Waals surface area contributed by atoms with E-state index in [1.807, 2.05) is 0 Å². The highest BCUT2D eigenvalue weighted by molar-refractivity contribution is 5.90. The molecular formula is C13H15NO6. The van der Waals surface area contributed by atoms with E-state index >= 15 is 0 Å². The number of nitrogens with zero attached hydrogens (tertiary/aromatic N) is 1. The first-order valence-corrected chi connectivity index (χ1v) is 6.20. The fraction of sp³-hybridized carbons (Fsp3) is 0.462. The molecule has 7 heteroatoms. The predicted molar refractivity (Wildman–Crippen MR) is 69.1 cm³/mol. The standard InChI is InChI=1S/C13H15NO6/c1-3-19-13-10(15)7-12(13)20-11-6-8(18-2)4-5-9(11)14(16)17/h4-6,12-13H,3,7H2,1-2H3. The molecule has 0 aromatic heterocycles. The van der Waals surface area contributed by atoms with Crippen molar-refractivity contribution in [2.75, 3.05) is 13.7 Å². The topological polar surface area (TPSA) is 87.9 Å². The van der Waals surface area contributed by atoms with Gasteiger partial charge in [0.1, 0.15) is 11.9 Å². The second-order valence-corrected chi connectivity index (χ2v) is 4.29. The lowest BCUT2D eigenvalue weighted by Crippen LogP contribution is -2.52. The van der Waals surface area contributed by atoms with E-state index in [-0.39, 0.29) is 23.6 Å². The monoisotopic (exact) mass is 281 g/mol. The molecule has 0 spiro atoms. The summed E-state index contributed by atoms with van der Waals surface area (Å²) in [4.78, 5) is 21.8. The van der Waals surface area contributed by atoms with Gasteiger partial charge in [-0.3, -0.25) is 14.9 Å². The summed E-state index contributed by atoms with van der Waals surface area (Å²) in [6.45, 7) is 2.16. The highest BCUT2D eigenvalue weighted by Gasteiger charge is 2.43. The Morgan fingerprint density at radius 1 is 1.45 bits per heavy atom. The second-order valence-electron chi connectivity index (χ2n) is 4.29.